The van der Waals surface area contributed by atoms with Crippen LogP contribution in [0.1, 0.15) is 53.1 Å². The van der Waals surface area contributed by atoms with Gasteiger partial charge in [-0.25, -0.2) is 17.5 Å². The normalized spacial score (nSPS) is 13.7. The second kappa shape index (κ2) is 14.0. The van der Waals surface area contributed by atoms with Crippen molar-refractivity contribution in [1.29, 1.82) is 0 Å². The van der Waals surface area contributed by atoms with E-state index in [1.54, 1.807) is 36.4 Å². The average Bonchev–Trinajstić information content (AvgIpc) is 3.84. The third-order valence-electron chi connectivity index (χ3n) is 7.61. The molecule has 1 saturated carbocycles. The van der Waals surface area contributed by atoms with Crippen LogP contribution in [-0.2, 0) is 39.1 Å². The summed E-state index contributed by atoms with van der Waals surface area (Å²) in [5.74, 6) is -0.981. The van der Waals surface area contributed by atoms with E-state index < -0.39 is 16.1 Å². The van der Waals surface area contributed by atoms with Crippen molar-refractivity contribution in [3.8, 4) is 0 Å². The Hall–Kier alpha value is -4.34. The largest absolute Gasteiger partial charge is 0.350 e. The van der Waals surface area contributed by atoms with Gasteiger partial charge in [-0.2, -0.15) is 0 Å². The van der Waals surface area contributed by atoms with Gasteiger partial charge in [-0.15, -0.1) is 0 Å². The Bertz CT molecular complexity index is 1670. The summed E-state index contributed by atoms with van der Waals surface area (Å²) in [4.78, 5) is 29.5. The fraction of sp³-hybridized carbons (Fsp3) is 0.257. The number of nitrogens with zero attached hydrogens (tertiary/aromatic N) is 1. The van der Waals surface area contributed by atoms with Crippen LogP contribution in [0.15, 0.2) is 108 Å². The van der Waals surface area contributed by atoms with Crippen molar-refractivity contribution in [1.82, 2.24) is 14.9 Å². The van der Waals surface area contributed by atoms with Crippen LogP contribution >= 0.6 is 0 Å². The maximum absolute atomic E-state index is 13.9. The molecular formula is C35H36FN3O4S. The van der Waals surface area contributed by atoms with E-state index in [1.807, 2.05) is 61.5 Å². The highest BCUT2D eigenvalue weighted by Gasteiger charge is 2.31. The minimum absolute atomic E-state index is 0.0102. The zero-order valence-electron chi connectivity index (χ0n) is 24.6. The van der Waals surface area contributed by atoms with E-state index in [0.717, 1.165) is 29.5 Å². The monoisotopic (exact) mass is 613 g/mol. The van der Waals surface area contributed by atoms with Gasteiger partial charge in [-0.05, 0) is 72.7 Å². The predicted molar refractivity (Wildman–Crippen MR) is 167 cm³/mol. The van der Waals surface area contributed by atoms with Gasteiger partial charge in [0.15, 0.2) is 0 Å². The summed E-state index contributed by atoms with van der Waals surface area (Å²) in [5, 5.41) is 3.00. The first-order valence-corrected chi connectivity index (χ1v) is 16.2. The van der Waals surface area contributed by atoms with Crippen molar-refractivity contribution in [2.75, 3.05) is 0 Å². The Morgan fingerprint density at radius 1 is 0.841 bits per heavy atom. The van der Waals surface area contributed by atoms with E-state index in [2.05, 4.69) is 10.0 Å². The van der Waals surface area contributed by atoms with Gasteiger partial charge < -0.3 is 10.2 Å². The van der Waals surface area contributed by atoms with E-state index in [1.165, 1.54) is 17.0 Å². The highest BCUT2D eigenvalue weighted by molar-refractivity contribution is 7.89. The van der Waals surface area contributed by atoms with Gasteiger partial charge in [-0.3, -0.25) is 9.59 Å². The molecule has 4 aromatic rings. The van der Waals surface area contributed by atoms with Gasteiger partial charge in [0.05, 0.1) is 4.90 Å². The molecule has 0 radical (unpaired) electrons. The number of aryl methyl sites for hydroxylation is 2. The molecule has 5 rings (SSSR count). The predicted octanol–water partition coefficient (Wildman–Crippen LogP) is 5.59. The van der Waals surface area contributed by atoms with Crippen LogP contribution in [0.25, 0.3) is 0 Å². The van der Waals surface area contributed by atoms with Gasteiger partial charge in [-0.1, -0.05) is 84.4 Å². The molecule has 2 N–H and O–H groups in total. The first-order chi connectivity index (χ1) is 21.2. The molecule has 0 saturated heterocycles. The summed E-state index contributed by atoms with van der Waals surface area (Å²) in [6.45, 7) is 2.39. The number of nitrogens with one attached hydrogen (secondary N) is 2. The molecule has 9 heteroatoms. The highest BCUT2D eigenvalue weighted by atomic mass is 32.2. The molecule has 0 bridgehead atoms. The van der Waals surface area contributed by atoms with Crippen LogP contribution in [-0.4, -0.2) is 31.2 Å². The van der Waals surface area contributed by atoms with Crippen molar-refractivity contribution in [3.63, 3.8) is 0 Å². The summed E-state index contributed by atoms with van der Waals surface area (Å²) in [6, 6.07) is 28.5. The van der Waals surface area contributed by atoms with Crippen LogP contribution in [0.4, 0.5) is 4.39 Å². The number of hydrogen-bond acceptors (Lipinski definition) is 4. The number of hydrogen-bond donors (Lipinski definition) is 2. The zero-order valence-corrected chi connectivity index (χ0v) is 25.4. The van der Waals surface area contributed by atoms with Crippen molar-refractivity contribution in [3.05, 3.63) is 137 Å². The minimum atomic E-state index is -3.57. The second-order valence-corrected chi connectivity index (χ2v) is 12.9. The molecule has 0 unspecified atom stereocenters. The van der Waals surface area contributed by atoms with E-state index in [9.17, 15) is 22.4 Å². The summed E-state index contributed by atoms with van der Waals surface area (Å²) in [6.07, 6.45) is 2.13. The lowest BCUT2D eigenvalue weighted by Crippen LogP contribution is -2.43. The molecule has 1 aliphatic carbocycles. The number of carbonyl (C=O) groups excluding carboxylic acids is 2. The third-order valence-corrected chi connectivity index (χ3v) is 9.15. The Morgan fingerprint density at radius 3 is 2.09 bits per heavy atom. The maximum Gasteiger partial charge on any atom is 0.247 e. The lowest BCUT2D eigenvalue weighted by Gasteiger charge is -2.32. The third kappa shape index (κ3) is 8.39. The second-order valence-electron chi connectivity index (χ2n) is 11.2. The smallest absolute Gasteiger partial charge is 0.247 e. The van der Waals surface area contributed by atoms with Crippen LogP contribution in [0.5, 0.6) is 0 Å². The lowest BCUT2D eigenvalue weighted by molar-refractivity contribution is -0.141. The van der Waals surface area contributed by atoms with Crippen LogP contribution in [0, 0.1) is 12.7 Å². The summed E-state index contributed by atoms with van der Waals surface area (Å²) in [5.41, 5.74) is 4.19. The Balaban J connectivity index is 1.37. The van der Waals surface area contributed by atoms with Gasteiger partial charge in [0.25, 0.3) is 0 Å². The van der Waals surface area contributed by atoms with E-state index in [-0.39, 0.29) is 41.5 Å². The Morgan fingerprint density at radius 2 is 1.45 bits per heavy atom. The SMILES string of the molecule is Cc1ccc(CNC(=O)[C@@H](c2ccccc2)N(Cc2ccc(F)cc2)C(=O)CCc2ccc(S(=O)(=O)NC3CC3)cc2)cc1. The standard InChI is InChI=1S/C35H36FN3O4S/c1-25-7-9-27(10-8-25)23-37-35(41)34(29-5-3-2-4-6-29)39(24-28-11-16-30(36)17-12-28)33(40)22-15-26-13-20-32(21-14-26)44(42,43)38-31-18-19-31/h2-14,16-17,20-21,31,34,38H,15,18-19,22-24H2,1H3,(H,37,41)/t34-/m1/s1. The van der Waals surface area contributed by atoms with Crippen LogP contribution < -0.4 is 10.0 Å². The molecule has 1 fully saturated rings. The van der Waals surface area contributed by atoms with Gasteiger partial charge in [0.2, 0.25) is 21.8 Å². The Kier molecular flexibility index (Phi) is 9.87. The molecule has 2 amide bonds. The average molecular weight is 614 g/mol. The molecule has 0 aliphatic heterocycles. The number of halogens is 1. The first-order valence-electron chi connectivity index (χ1n) is 14.7. The summed E-state index contributed by atoms with van der Waals surface area (Å²) in [7, 11) is -3.57. The van der Waals surface area contributed by atoms with Gasteiger partial charge in [0, 0.05) is 25.6 Å². The van der Waals surface area contributed by atoms with Crippen molar-refractivity contribution in [2.24, 2.45) is 0 Å². The molecule has 0 spiro atoms. The van der Waals surface area contributed by atoms with Gasteiger partial charge in [0.1, 0.15) is 11.9 Å². The number of amides is 2. The number of sulfonamides is 1. The Labute approximate surface area is 258 Å². The number of rotatable bonds is 13. The molecular weight excluding hydrogens is 577 g/mol. The van der Waals surface area contributed by atoms with E-state index >= 15 is 0 Å². The molecule has 1 aliphatic rings. The summed E-state index contributed by atoms with van der Waals surface area (Å²) < 4.78 is 41.5. The lowest BCUT2D eigenvalue weighted by atomic mass is 10.0. The van der Waals surface area contributed by atoms with Gasteiger partial charge >= 0.3 is 0 Å². The van der Waals surface area contributed by atoms with Crippen molar-refractivity contribution >= 4 is 21.8 Å². The zero-order chi connectivity index (χ0) is 31.1. The first kappa shape index (κ1) is 31.1. The van der Waals surface area contributed by atoms with Crippen molar-refractivity contribution in [2.45, 2.75) is 62.7 Å². The van der Waals surface area contributed by atoms with E-state index in [4.69, 9.17) is 0 Å². The fourth-order valence-corrected chi connectivity index (χ4v) is 6.23. The fourth-order valence-electron chi connectivity index (χ4n) is 4.93. The molecule has 0 heterocycles. The molecule has 7 nitrogen and oxygen atoms in total. The summed E-state index contributed by atoms with van der Waals surface area (Å²) >= 11 is 0. The molecule has 44 heavy (non-hydrogen) atoms. The number of benzene rings is 4. The van der Waals surface area contributed by atoms with Crippen LogP contribution in [0.2, 0.25) is 0 Å². The highest BCUT2D eigenvalue weighted by Crippen LogP contribution is 2.26. The molecule has 4 aromatic carbocycles. The minimum Gasteiger partial charge on any atom is -0.350 e. The van der Waals surface area contributed by atoms with Crippen molar-refractivity contribution < 1.29 is 22.4 Å². The topological polar surface area (TPSA) is 95.6 Å². The van der Waals surface area contributed by atoms with E-state index in [0.29, 0.717) is 24.1 Å². The molecule has 228 valence electrons. The van der Waals surface area contributed by atoms with Crippen LogP contribution in [0.3, 0.4) is 0 Å². The number of carbonyl (C=O) groups is 2. The maximum atomic E-state index is 13.9. The quantitative estimate of drug-likeness (QED) is 0.205. The molecule has 1 atom stereocenters. The molecule has 0 aromatic heterocycles.